The van der Waals surface area contributed by atoms with Crippen LogP contribution in [0.5, 0.6) is 0 Å². The number of likely N-dealkylation sites (N-methyl/N-ethyl adjacent to an activating group) is 1. The minimum atomic E-state index is -0.506. The number of H-pyrrole nitrogens is 1. The van der Waals surface area contributed by atoms with Crippen LogP contribution in [-0.2, 0) is 4.74 Å². The molecule has 2 fully saturated rings. The molecule has 2 amide bonds. The van der Waals surface area contributed by atoms with Gasteiger partial charge < -0.3 is 19.5 Å². The first kappa shape index (κ1) is 11.1. The monoisotopic (exact) mass is 249 g/mol. The lowest BCUT2D eigenvalue weighted by atomic mass is 10.0. The highest BCUT2D eigenvalue weighted by atomic mass is 16.6. The van der Waals surface area contributed by atoms with Crippen LogP contribution < -0.4 is 0 Å². The largest absolute Gasteiger partial charge is 0.439 e. The lowest BCUT2D eigenvalue weighted by molar-refractivity contribution is 0.0551. The van der Waals surface area contributed by atoms with E-state index >= 15 is 0 Å². The Balaban J connectivity index is 1.73. The maximum absolute atomic E-state index is 12.2. The fraction of sp³-hybridized carbons (Fsp3) is 0.500. The van der Waals surface area contributed by atoms with Gasteiger partial charge in [0.2, 0.25) is 0 Å². The van der Waals surface area contributed by atoms with Gasteiger partial charge in [-0.25, -0.2) is 4.79 Å². The second kappa shape index (κ2) is 3.76. The lowest BCUT2D eigenvalue weighted by Crippen LogP contribution is -2.39. The Labute approximate surface area is 105 Å². The summed E-state index contributed by atoms with van der Waals surface area (Å²) in [5, 5.41) is 0. The quantitative estimate of drug-likeness (QED) is 0.796. The molecule has 3 rings (SSSR count). The van der Waals surface area contributed by atoms with E-state index in [0.717, 1.165) is 0 Å². The van der Waals surface area contributed by atoms with Gasteiger partial charge in [0.25, 0.3) is 5.91 Å². The number of hydrogen-bond donors (Lipinski definition) is 1. The molecular weight excluding hydrogens is 234 g/mol. The summed E-state index contributed by atoms with van der Waals surface area (Å²) in [5.41, 5.74) is 0.0680. The number of ether oxygens (including phenoxy) is 1. The minimum Gasteiger partial charge on any atom is -0.439 e. The fourth-order valence-corrected chi connectivity index (χ4v) is 2.66. The fourth-order valence-electron chi connectivity index (χ4n) is 2.66. The Bertz CT molecular complexity index is 485. The topological polar surface area (TPSA) is 65.6 Å². The molecule has 6 heteroatoms. The SMILES string of the molecule is CN1C[C@@]2(CCN(C(=O)c3ccc[nH]3)C2)OC1=O. The summed E-state index contributed by atoms with van der Waals surface area (Å²) >= 11 is 0. The maximum Gasteiger partial charge on any atom is 0.410 e. The van der Waals surface area contributed by atoms with Gasteiger partial charge in [-0.1, -0.05) is 0 Å². The summed E-state index contributed by atoms with van der Waals surface area (Å²) in [6.45, 7) is 1.65. The molecule has 1 atom stereocenters. The van der Waals surface area contributed by atoms with E-state index < -0.39 is 5.60 Å². The second-order valence-electron chi connectivity index (χ2n) is 4.97. The number of nitrogens with zero attached hydrogens (tertiary/aromatic N) is 2. The predicted molar refractivity (Wildman–Crippen MR) is 63.2 cm³/mol. The first-order valence-corrected chi connectivity index (χ1v) is 5.96. The summed E-state index contributed by atoms with van der Waals surface area (Å²) < 4.78 is 5.40. The summed E-state index contributed by atoms with van der Waals surface area (Å²) in [6.07, 6.45) is 2.13. The first-order valence-electron chi connectivity index (χ1n) is 5.96. The summed E-state index contributed by atoms with van der Waals surface area (Å²) in [7, 11) is 1.71. The van der Waals surface area contributed by atoms with Gasteiger partial charge in [-0.2, -0.15) is 0 Å². The van der Waals surface area contributed by atoms with Crippen molar-refractivity contribution >= 4 is 12.0 Å². The highest BCUT2D eigenvalue weighted by Gasteiger charge is 2.49. The molecule has 0 unspecified atom stereocenters. The van der Waals surface area contributed by atoms with Crippen molar-refractivity contribution in [3.05, 3.63) is 24.0 Å². The highest BCUT2D eigenvalue weighted by Crippen LogP contribution is 2.32. The lowest BCUT2D eigenvalue weighted by Gasteiger charge is -2.21. The highest BCUT2D eigenvalue weighted by molar-refractivity contribution is 5.92. The molecular formula is C12H15N3O3. The number of hydrogen-bond acceptors (Lipinski definition) is 3. The molecule has 96 valence electrons. The van der Waals surface area contributed by atoms with Crippen LogP contribution in [0.15, 0.2) is 18.3 Å². The number of likely N-dealkylation sites (tertiary alicyclic amines) is 1. The van der Waals surface area contributed by atoms with Gasteiger partial charge in [-0.15, -0.1) is 0 Å². The molecule has 2 saturated heterocycles. The Morgan fingerprint density at radius 2 is 2.33 bits per heavy atom. The summed E-state index contributed by atoms with van der Waals surface area (Å²) in [6, 6.07) is 3.54. The third kappa shape index (κ3) is 1.64. The van der Waals surface area contributed by atoms with Crippen molar-refractivity contribution < 1.29 is 14.3 Å². The van der Waals surface area contributed by atoms with E-state index in [9.17, 15) is 9.59 Å². The number of rotatable bonds is 1. The number of aromatic nitrogens is 1. The number of nitrogens with one attached hydrogen (secondary N) is 1. The van der Waals surface area contributed by atoms with Gasteiger partial charge in [0.1, 0.15) is 5.69 Å². The van der Waals surface area contributed by atoms with Crippen molar-refractivity contribution in [3.63, 3.8) is 0 Å². The smallest absolute Gasteiger partial charge is 0.410 e. The number of carbonyl (C=O) groups is 2. The van der Waals surface area contributed by atoms with Crippen LogP contribution in [0.2, 0.25) is 0 Å². The van der Waals surface area contributed by atoms with Gasteiger partial charge >= 0.3 is 6.09 Å². The van der Waals surface area contributed by atoms with Gasteiger partial charge in [-0.05, 0) is 12.1 Å². The standard InChI is InChI=1S/C12H15N3O3/c1-14-7-12(18-11(14)17)4-6-15(8-12)10(16)9-3-2-5-13-9/h2-3,5,13H,4,6-8H2,1H3/t12-/m1/s1. The van der Waals surface area contributed by atoms with Crippen molar-refractivity contribution in [2.45, 2.75) is 12.0 Å². The van der Waals surface area contributed by atoms with Crippen LogP contribution in [0, 0.1) is 0 Å². The van der Waals surface area contributed by atoms with Crippen molar-refractivity contribution in [3.8, 4) is 0 Å². The number of amides is 2. The molecule has 2 aliphatic rings. The Kier molecular flexibility index (Phi) is 2.33. The molecule has 0 aromatic carbocycles. The van der Waals surface area contributed by atoms with Gasteiger partial charge in [0, 0.05) is 26.2 Å². The molecule has 1 spiro atoms. The van der Waals surface area contributed by atoms with Crippen molar-refractivity contribution in [1.29, 1.82) is 0 Å². The molecule has 2 aliphatic heterocycles. The van der Waals surface area contributed by atoms with Crippen LogP contribution in [-0.4, -0.2) is 59.1 Å². The third-order valence-corrected chi connectivity index (χ3v) is 3.57. The summed E-state index contributed by atoms with van der Waals surface area (Å²) in [4.78, 5) is 29.8. The molecule has 6 nitrogen and oxygen atoms in total. The molecule has 0 saturated carbocycles. The van der Waals surface area contributed by atoms with E-state index in [2.05, 4.69) is 4.98 Å². The van der Waals surface area contributed by atoms with E-state index in [4.69, 9.17) is 4.74 Å². The maximum atomic E-state index is 12.2. The molecule has 1 aromatic rings. The molecule has 1 N–H and O–H groups in total. The van der Waals surface area contributed by atoms with Crippen LogP contribution in [0.1, 0.15) is 16.9 Å². The Hall–Kier alpha value is -1.98. The van der Waals surface area contributed by atoms with Crippen molar-refractivity contribution in [2.24, 2.45) is 0 Å². The van der Waals surface area contributed by atoms with E-state index in [1.54, 1.807) is 35.2 Å². The molecule has 1 aromatic heterocycles. The molecule has 0 aliphatic carbocycles. The average molecular weight is 249 g/mol. The molecule has 0 bridgehead atoms. The van der Waals surface area contributed by atoms with Crippen LogP contribution in [0.25, 0.3) is 0 Å². The van der Waals surface area contributed by atoms with E-state index in [1.807, 2.05) is 0 Å². The second-order valence-corrected chi connectivity index (χ2v) is 4.97. The normalized spacial score (nSPS) is 27.1. The van der Waals surface area contributed by atoms with Gasteiger partial charge in [-0.3, -0.25) is 4.79 Å². The predicted octanol–water partition coefficient (Wildman–Crippen LogP) is 0.681. The van der Waals surface area contributed by atoms with Crippen LogP contribution in [0.4, 0.5) is 4.79 Å². The van der Waals surface area contributed by atoms with Crippen molar-refractivity contribution in [2.75, 3.05) is 26.7 Å². The zero-order chi connectivity index (χ0) is 12.8. The summed E-state index contributed by atoms with van der Waals surface area (Å²) in [5.74, 6) is -0.0394. The van der Waals surface area contributed by atoms with E-state index in [-0.39, 0.29) is 12.0 Å². The van der Waals surface area contributed by atoms with Crippen LogP contribution in [0.3, 0.4) is 0 Å². The van der Waals surface area contributed by atoms with E-state index in [0.29, 0.717) is 31.7 Å². The number of aromatic amines is 1. The van der Waals surface area contributed by atoms with Gasteiger partial charge in [0.05, 0.1) is 13.1 Å². The van der Waals surface area contributed by atoms with Crippen molar-refractivity contribution in [1.82, 2.24) is 14.8 Å². The zero-order valence-corrected chi connectivity index (χ0v) is 10.2. The molecule has 0 radical (unpaired) electrons. The average Bonchev–Trinajstić information content (AvgIpc) is 3.01. The van der Waals surface area contributed by atoms with E-state index in [1.165, 1.54) is 0 Å². The first-order chi connectivity index (χ1) is 8.60. The Morgan fingerprint density at radius 3 is 2.94 bits per heavy atom. The van der Waals surface area contributed by atoms with Crippen LogP contribution >= 0.6 is 0 Å². The Morgan fingerprint density at radius 1 is 1.50 bits per heavy atom. The third-order valence-electron chi connectivity index (χ3n) is 3.57. The zero-order valence-electron chi connectivity index (χ0n) is 10.2. The minimum absolute atomic E-state index is 0.0394. The molecule has 18 heavy (non-hydrogen) atoms. The number of carbonyl (C=O) groups excluding carboxylic acids is 2. The van der Waals surface area contributed by atoms with Gasteiger partial charge in [0.15, 0.2) is 5.60 Å². The molecule has 3 heterocycles.